The summed E-state index contributed by atoms with van der Waals surface area (Å²) in [5.41, 5.74) is 1.63. The zero-order chi connectivity index (χ0) is 18.1. The van der Waals surface area contributed by atoms with Gasteiger partial charge in [0.25, 0.3) is 5.91 Å². The molecule has 0 aliphatic heterocycles. The highest BCUT2D eigenvalue weighted by molar-refractivity contribution is 6.08. The second-order valence-electron chi connectivity index (χ2n) is 6.25. The molecule has 1 aromatic heterocycles. The minimum absolute atomic E-state index is 0.205. The van der Waals surface area contributed by atoms with Crippen molar-refractivity contribution in [1.82, 2.24) is 5.32 Å². The molecule has 0 aliphatic rings. The molecule has 1 amide bonds. The van der Waals surface area contributed by atoms with E-state index in [4.69, 9.17) is 9.15 Å². The Balaban J connectivity index is 1.65. The van der Waals surface area contributed by atoms with Crippen LogP contribution in [0.15, 0.2) is 71.1 Å². The topological polar surface area (TPSA) is 51.5 Å². The van der Waals surface area contributed by atoms with E-state index in [-0.39, 0.29) is 11.9 Å². The van der Waals surface area contributed by atoms with Crippen molar-refractivity contribution in [3.63, 3.8) is 0 Å². The second kappa shape index (κ2) is 6.56. The van der Waals surface area contributed by atoms with E-state index in [2.05, 4.69) is 5.32 Å². The number of hydrogen-bond donors (Lipinski definition) is 1. The summed E-state index contributed by atoms with van der Waals surface area (Å²) in [5.74, 6) is 0.803. The average molecular weight is 345 g/mol. The van der Waals surface area contributed by atoms with Gasteiger partial charge in [-0.3, -0.25) is 4.79 Å². The van der Waals surface area contributed by atoms with Gasteiger partial charge in [-0.25, -0.2) is 0 Å². The van der Waals surface area contributed by atoms with E-state index in [9.17, 15) is 4.79 Å². The number of carbonyl (C=O) groups excluding carboxylic acids is 1. The third-order valence-electron chi connectivity index (χ3n) is 4.60. The number of furan rings is 1. The van der Waals surface area contributed by atoms with Crippen molar-refractivity contribution in [3.8, 4) is 5.75 Å². The third-order valence-corrected chi connectivity index (χ3v) is 4.60. The lowest BCUT2D eigenvalue weighted by Gasteiger charge is -2.16. The summed E-state index contributed by atoms with van der Waals surface area (Å²) in [6, 6.07) is 21.2. The maximum Gasteiger partial charge on any atom is 0.287 e. The Kier molecular flexibility index (Phi) is 4.09. The smallest absolute Gasteiger partial charge is 0.287 e. The number of nitrogens with one attached hydrogen (secondary N) is 1. The summed E-state index contributed by atoms with van der Waals surface area (Å²) in [4.78, 5) is 12.7. The molecule has 4 aromatic rings. The summed E-state index contributed by atoms with van der Waals surface area (Å²) < 4.78 is 11.2. The van der Waals surface area contributed by atoms with Gasteiger partial charge >= 0.3 is 0 Å². The average Bonchev–Trinajstić information content (AvgIpc) is 3.13. The molecule has 4 rings (SSSR count). The zero-order valence-electron chi connectivity index (χ0n) is 14.7. The molecule has 0 saturated heterocycles. The van der Waals surface area contributed by atoms with Crippen LogP contribution in [0.3, 0.4) is 0 Å². The molecular formula is C22H19NO3. The maximum atomic E-state index is 12.7. The highest BCUT2D eigenvalue weighted by Gasteiger charge is 2.18. The normalized spacial score (nSPS) is 12.2. The van der Waals surface area contributed by atoms with E-state index < -0.39 is 0 Å². The molecule has 0 saturated carbocycles. The Bertz CT molecular complexity index is 1100. The molecule has 0 bridgehead atoms. The van der Waals surface area contributed by atoms with Gasteiger partial charge < -0.3 is 14.5 Å². The zero-order valence-corrected chi connectivity index (χ0v) is 14.7. The summed E-state index contributed by atoms with van der Waals surface area (Å²) >= 11 is 0. The fourth-order valence-electron chi connectivity index (χ4n) is 3.27. The van der Waals surface area contributed by atoms with E-state index >= 15 is 0 Å². The molecule has 1 atom stereocenters. The van der Waals surface area contributed by atoms with Gasteiger partial charge in [-0.15, -0.1) is 0 Å². The molecule has 1 N–H and O–H groups in total. The summed E-state index contributed by atoms with van der Waals surface area (Å²) in [6.45, 7) is 1.92. The van der Waals surface area contributed by atoms with Gasteiger partial charge in [0.2, 0.25) is 0 Å². The molecule has 0 aliphatic carbocycles. The van der Waals surface area contributed by atoms with Crippen LogP contribution in [-0.4, -0.2) is 13.0 Å². The first-order valence-electron chi connectivity index (χ1n) is 8.52. The number of amides is 1. The van der Waals surface area contributed by atoms with Crippen LogP contribution in [-0.2, 0) is 0 Å². The molecule has 4 heteroatoms. The minimum atomic E-state index is -0.247. The maximum absolute atomic E-state index is 12.7. The number of carbonyl (C=O) groups is 1. The van der Waals surface area contributed by atoms with Gasteiger partial charge in [0.15, 0.2) is 5.76 Å². The summed E-state index contributed by atoms with van der Waals surface area (Å²) in [6.07, 6.45) is 0. The SMILES string of the molecule is COc1ccccc1[C@@H](C)NC(=O)c1cc2c(ccc3ccccc32)o1. The number of rotatable bonds is 4. The first-order valence-corrected chi connectivity index (χ1v) is 8.52. The molecule has 0 radical (unpaired) electrons. The molecular weight excluding hydrogens is 326 g/mol. The van der Waals surface area contributed by atoms with Crippen molar-refractivity contribution in [2.75, 3.05) is 7.11 Å². The number of para-hydroxylation sites is 1. The molecule has 130 valence electrons. The third kappa shape index (κ3) is 2.80. The van der Waals surface area contributed by atoms with Crippen LogP contribution in [0.1, 0.15) is 29.1 Å². The Morgan fingerprint density at radius 1 is 1.00 bits per heavy atom. The Hall–Kier alpha value is -3.27. The Morgan fingerprint density at radius 2 is 1.77 bits per heavy atom. The van der Waals surface area contributed by atoms with Gasteiger partial charge in [0.05, 0.1) is 13.2 Å². The van der Waals surface area contributed by atoms with Crippen LogP contribution < -0.4 is 10.1 Å². The van der Waals surface area contributed by atoms with Crippen LogP contribution in [0.4, 0.5) is 0 Å². The van der Waals surface area contributed by atoms with E-state index in [0.29, 0.717) is 11.3 Å². The molecule has 26 heavy (non-hydrogen) atoms. The quantitative estimate of drug-likeness (QED) is 0.561. The van der Waals surface area contributed by atoms with E-state index in [1.54, 1.807) is 7.11 Å². The van der Waals surface area contributed by atoms with E-state index in [1.807, 2.05) is 73.7 Å². The van der Waals surface area contributed by atoms with Crippen molar-refractivity contribution in [3.05, 3.63) is 78.1 Å². The number of ether oxygens (including phenoxy) is 1. The molecule has 1 heterocycles. The lowest BCUT2D eigenvalue weighted by atomic mass is 10.1. The Labute approximate surface area is 151 Å². The van der Waals surface area contributed by atoms with Crippen molar-refractivity contribution in [1.29, 1.82) is 0 Å². The van der Waals surface area contributed by atoms with Gasteiger partial charge in [0, 0.05) is 10.9 Å². The van der Waals surface area contributed by atoms with Crippen LogP contribution >= 0.6 is 0 Å². The van der Waals surface area contributed by atoms with E-state index in [1.165, 1.54) is 0 Å². The minimum Gasteiger partial charge on any atom is -0.496 e. The lowest BCUT2D eigenvalue weighted by molar-refractivity contribution is 0.0913. The van der Waals surface area contributed by atoms with Crippen molar-refractivity contribution >= 4 is 27.6 Å². The summed E-state index contributed by atoms with van der Waals surface area (Å²) in [5, 5.41) is 6.12. The van der Waals surface area contributed by atoms with Crippen molar-refractivity contribution in [2.45, 2.75) is 13.0 Å². The Morgan fingerprint density at radius 3 is 2.62 bits per heavy atom. The molecule has 3 aromatic carbocycles. The van der Waals surface area contributed by atoms with Crippen LogP contribution in [0.5, 0.6) is 5.75 Å². The second-order valence-corrected chi connectivity index (χ2v) is 6.25. The van der Waals surface area contributed by atoms with Gasteiger partial charge in [-0.1, -0.05) is 48.5 Å². The number of hydrogen-bond acceptors (Lipinski definition) is 3. The largest absolute Gasteiger partial charge is 0.496 e. The fourth-order valence-corrected chi connectivity index (χ4v) is 3.27. The molecule has 0 spiro atoms. The predicted molar refractivity (Wildman–Crippen MR) is 103 cm³/mol. The van der Waals surface area contributed by atoms with Gasteiger partial charge in [-0.2, -0.15) is 0 Å². The highest BCUT2D eigenvalue weighted by atomic mass is 16.5. The molecule has 4 nitrogen and oxygen atoms in total. The predicted octanol–water partition coefficient (Wildman–Crippen LogP) is 5.09. The first-order chi connectivity index (χ1) is 12.7. The first kappa shape index (κ1) is 16.2. The number of methoxy groups -OCH3 is 1. The number of benzene rings is 3. The van der Waals surface area contributed by atoms with Crippen molar-refractivity contribution < 1.29 is 13.9 Å². The standard InChI is InChI=1S/C22H19NO3/c1-14(16-8-5-6-10-19(16)25-2)23-22(24)21-13-18-17-9-4-3-7-15(17)11-12-20(18)26-21/h3-14H,1-2H3,(H,23,24)/t14-/m1/s1. The van der Waals surface area contributed by atoms with Crippen LogP contribution in [0, 0.1) is 0 Å². The van der Waals surface area contributed by atoms with E-state index in [0.717, 1.165) is 27.5 Å². The number of fused-ring (bicyclic) bond motifs is 3. The lowest BCUT2D eigenvalue weighted by Crippen LogP contribution is -2.26. The molecule has 0 fully saturated rings. The molecule has 0 unspecified atom stereocenters. The highest BCUT2D eigenvalue weighted by Crippen LogP contribution is 2.29. The monoisotopic (exact) mass is 345 g/mol. The fraction of sp³-hybridized carbons (Fsp3) is 0.136. The van der Waals surface area contributed by atoms with Crippen molar-refractivity contribution in [2.24, 2.45) is 0 Å². The van der Waals surface area contributed by atoms with Crippen LogP contribution in [0.2, 0.25) is 0 Å². The van der Waals surface area contributed by atoms with Gasteiger partial charge in [-0.05, 0) is 35.9 Å². The summed E-state index contributed by atoms with van der Waals surface area (Å²) in [7, 11) is 1.62. The van der Waals surface area contributed by atoms with Gasteiger partial charge in [0.1, 0.15) is 11.3 Å². The van der Waals surface area contributed by atoms with Crippen LogP contribution in [0.25, 0.3) is 21.7 Å².